The van der Waals surface area contributed by atoms with E-state index in [2.05, 4.69) is 12.2 Å². The van der Waals surface area contributed by atoms with Crippen LogP contribution in [-0.4, -0.2) is 5.91 Å². The molecule has 16 heavy (non-hydrogen) atoms. The van der Waals surface area contributed by atoms with E-state index in [0.29, 0.717) is 0 Å². The Labute approximate surface area is 96.1 Å². The highest BCUT2D eigenvalue weighted by Crippen LogP contribution is 2.18. The van der Waals surface area contributed by atoms with Crippen LogP contribution in [-0.2, 0) is 11.2 Å². The first kappa shape index (κ1) is 12.3. The molecule has 0 aromatic heterocycles. The normalized spacial score (nSPS) is 10.6. The van der Waals surface area contributed by atoms with Gasteiger partial charge in [0, 0.05) is 5.69 Å². The number of aryl methyl sites for hydroxylation is 1. The van der Waals surface area contributed by atoms with Crippen LogP contribution in [0.25, 0.3) is 0 Å². The van der Waals surface area contributed by atoms with Crippen molar-refractivity contribution < 1.29 is 4.79 Å². The van der Waals surface area contributed by atoms with Crippen LogP contribution in [0.3, 0.4) is 0 Å². The van der Waals surface area contributed by atoms with Crippen molar-refractivity contribution >= 4 is 11.6 Å². The van der Waals surface area contributed by atoms with Crippen LogP contribution in [0.5, 0.6) is 0 Å². The summed E-state index contributed by atoms with van der Waals surface area (Å²) in [5.41, 5.74) is 0.905. The lowest BCUT2D eigenvalue weighted by Gasteiger charge is -2.15. The van der Waals surface area contributed by atoms with Crippen LogP contribution >= 0.6 is 0 Å². The molecule has 1 amide bonds. The molecule has 0 heterocycles. The van der Waals surface area contributed by atoms with Crippen molar-refractivity contribution in [2.24, 2.45) is 5.41 Å². The maximum Gasteiger partial charge on any atom is 0.244 e. The highest BCUT2D eigenvalue weighted by molar-refractivity contribution is 5.96. The van der Waals surface area contributed by atoms with Gasteiger partial charge < -0.3 is 5.32 Å². The van der Waals surface area contributed by atoms with Gasteiger partial charge in [0.25, 0.3) is 0 Å². The molecule has 1 rings (SSSR count). The molecule has 0 saturated carbocycles. The van der Waals surface area contributed by atoms with Crippen molar-refractivity contribution in [1.82, 2.24) is 0 Å². The van der Waals surface area contributed by atoms with Gasteiger partial charge in [-0.2, -0.15) is 5.26 Å². The van der Waals surface area contributed by atoms with Gasteiger partial charge >= 0.3 is 0 Å². The molecule has 0 bridgehead atoms. The number of hydrogen-bond donors (Lipinski definition) is 1. The number of nitrogens with zero attached hydrogens (tertiary/aromatic N) is 1. The van der Waals surface area contributed by atoms with Crippen LogP contribution in [0.4, 0.5) is 5.69 Å². The van der Waals surface area contributed by atoms with Gasteiger partial charge in [-0.15, -0.1) is 0 Å². The highest BCUT2D eigenvalue weighted by Gasteiger charge is 2.27. The molecule has 0 aliphatic rings. The van der Waals surface area contributed by atoms with E-state index < -0.39 is 5.41 Å². The van der Waals surface area contributed by atoms with Crippen LogP contribution in [0.15, 0.2) is 24.3 Å². The summed E-state index contributed by atoms with van der Waals surface area (Å²) in [5, 5.41) is 11.6. The SMILES string of the molecule is CCc1cccc(NC(=O)C(C)(C)C#N)c1. The van der Waals surface area contributed by atoms with E-state index >= 15 is 0 Å². The van der Waals surface area contributed by atoms with Crippen molar-refractivity contribution in [3.05, 3.63) is 29.8 Å². The van der Waals surface area contributed by atoms with Gasteiger partial charge in [0.2, 0.25) is 5.91 Å². The van der Waals surface area contributed by atoms with Crippen molar-refractivity contribution in [2.45, 2.75) is 27.2 Å². The Bertz CT molecular complexity index is 430. The van der Waals surface area contributed by atoms with Gasteiger partial charge in [0.1, 0.15) is 5.41 Å². The molecular weight excluding hydrogens is 200 g/mol. The molecule has 0 aliphatic heterocycles. The maximum absolute atomic E-state index is 11.7. The fourth-order valence-electron chi connectivity index (χ4n) is 1.21. The summed E-state index contributed by atoms with van der Waals surface area (Å²) in [6.07, 6.45) is 0.922. The second-order valence-corrected chi connectivity index (χ2v) is 4.24. The molecule has 3 nitrogen and oxygen atoms in total. The van der Waals surface area contributed by atoms with Crippen LogP contribution < -0.4 is 5.32 Å². The predicted molar refractivity (Wildman–Crippen MR) is 63.8 cm³/mol. The molecule has 3 heteroatoms. The Morgan fingerprint density at radius 2 is 2.19 bits per heavy atom. The van der Waals surface area contributed by atoms with Crippen LogP contribution in [0.2, 0.25) is 0 Å². The summed E-state index contributed by atoms with van der Waals surface area (Å²) in [6, 6.07) is 9.63. The summed E-state index contributed by atoms with van der Waals surface area (Å²) < 4.78 is 0. The van der Waals surface area contributed by atoms with Gasteiger partial charge in [-0.05, 0) is 38.0 Å². The molecular formula is C13H16N2O. The van der Waals surface area contributed by atoms with Gasteiger partial charge in [-0.3, -0.25) is 4.79 Å². The van der Waals surface area contributed by atoms with E-state index in [1.165, 1.54) is 0 Å². The van der Waals surface area contributed by atoms with Crippen LogP contribution in [0.1, 0.15) is 26.3 Å². The number of hydrogen-bond acceptors (Lipinski definition) is 2. The summed E-state index contributed by atoms with van der Waals surface area (Å²) in [5.74, 6) is -0.275. The molecule has 0 fully saturated rings. The number of rotatable bonds is 3. The number of benzene rings is 1. The Balaban J connectivity index is 2.82. The third kappa shape index (κ3) is 2.83. The standard InChI is InChI=1S/C13H16N2O/c1-4-10-6-5-7-11(8-10)15-12(16)13(2,3)9-14/h5-8H,4H2,1-3H3,(H,15,16). The van der Waals surface area contributed by atoms with Crippen LogP contribution in [0, 0.1) is 16.7 Å². The summed E-state index contributed by atoms with van der Waals surface area (Å²) >= 11 is 0. The minimum atomic E-state index is -0.998. The number of nitrogens with one attached hydrogen (secondary N) is 1. The average molecular weight is 216 g/mol. The zero-order chi connectivity index (χ0) is 12.2. The maximum atomic E-state index is 11.7. The van der Waals surface area contributed by atoms with E-state index in [9.17, 15) is 4.79 Å². The third-order valence-corrected chi connectivity index (χ3v) is 2.44. The molecule has 0 saturated heterocycles. The average Bonchev–Trinajstić information content (AvgIpc) is 2.29. The van der Waals surface area contributed by atoms with E-state index in [1.54, 1.807) is 13.8 Å². The van der Waals surface area contributed by atoms with E-state index in [0.717, 1.165) is 17.7 Å². The largest absolute Gasteiger partial charge is 0.325 e. The quantitative estimate of drug-likeness (QED) is 0.844. The monoisotopic (exact) mass is 216 g/mol. The molecule has 1 N–H and O–H groups in total. The fourth-order valence-corrected chi connectivity index (χ4v) is 1.21. The van der Waals surface area contributed by atoms with E-state index in [4.69, 9.17) is 5.26 Å². The molecule has 0 spiro atoms. The number of anilines is 1. The molecule has 84 valence electrons. The zero-order valence-electron chi connectivity index (χ0n) is 9.87. The Morgan fingerprint density at radius 3 is 2.75 bits per heavy atom. The first-order valence-corrected chi connectivity index (χ1v) is 5.31. The van der Waals surface area contributed by atoms with Crippen molar-refractivity contribution in [2.75, 3.05) is 5.32 Å². The van der Waals surface area contributed by atoms with E-state index in [-0.39, 0.29) is 5.91 Å². The van der Waals surface area contributed by atoms with Crippen molar-refractivity contribution in [3.63, 3.8) is 0 Å². The number of carbonyl (C=O) groups is 1. The molecule has 0 unspecified atom stereocenters. The summed E-state index contributed by atoms with van der Waals surface area (Å²) in [6.45, 7) is 5.26. The summed E-state index contributed by atoms with van der Waals surface area (Å²) in [4.78, 5) is 11.7. The number of carbonyl (C=O) groups excluding carboxylic acids is 1. The van der Waals surface area contributed by atoms with Gasteiger partial charge in [-0.1, -0.05) is 19.1 Å². The first-order valence-electron chi connectivity index (χ1n) is 5.31. The zero-order valence-corrected chi connectivity index (χ0v) is 9.87. The molecule has 1 aromatic carbocycles. The Hall–Kier alpha value is -1.82. The predicted octanol–water partition coefficient (Wildman–Crippen LogP) is 2.74. The first-order chi connectivity index (χ1) is 7.49. The van der Waals surface area contributed by atoms with E-state index in [1.807, 2.05) is 30.3 Å². The summed E-state index contributed by atoms with van der Waals surface area (Å²) in [7, 11) is 0. The lowest BCUT2D eigenvalue weighted by molar-refractivity contribution is -0.121. The highest BCUT2D eigenvalue weighted by atomic mass is 16.2. The second-order valence-electron chi connectivity index (χ2n) is 4.24. The van der Waals surface area contributed by atoms with Gasteiger partial charge in [0.15, 0.2) is 0 Å². The van der Waals surface area contributed by atoms with Gasteiger partial charge in [0.05, 0.1) is 6.07 Å². The Kier molecular flexibility index (Phi) is 3.68. The Morgan fingerprint density at radius 1 is 1.50 bits per heavy atom. The lowest BCUT2D eigenvalue weighted by Crippen LogP contribution is -2.29. The minimum absolute atomic E-state index is 0.275. The molecule has 0 radical (unpaired) electrons. The molecule has 1 aromatic rings. The van der Waals surface area contributed by atoms with Crippen molar-refractivity contribution in [1.29, 1.82) is 5.26 Å². The topological polar surface area (TPSA) is 52.9 Å². The smallest absolute Gasteiger partial charge is 0.244 e. The molecule has 0 aliphatic carbocycles. The minimum Gasteiger partial charge on any atom is -0.325 e. The number of amides is 1. The molecule has 0 atom stereocenters. The fraction of sp³-hybridized carbons (Fsp3) is 0.385. The van der Waals surface area contributed by atoms with Crippen molar-refractivity contribution in [3.8, 4) is 6.07 Å². The van der Waals surface area contributed by atoms with Gasteiger partial charge in [-0.25, -0.2) is 0 Å². The number of nitriles is 1. The second kappa shape index (κ2) is 4.80. The lowest BCUT2D eigenvalue weighted by atomic mass is 9.94. The third-order valence-electron chi connectivity index (χ3n) is 2.44.